The molecule has 2 aliphatic rings. The van der Waals surface area contributed by atoms with Crippen LogP contribution in [-0.2, 0) is 10.8 Å². The summed E-state index contributed by atoms with van der Waals surface area (Å²) >= 11 is 0. The fraction of sp³-hybridized carbons (Fsp3) is 0.226. The smallest absolute Gasteiger partial charge is 0.0159 e. The zero-order valence-corrected chi connectivity index (χ0v) is 19.0. The van der Waals surface area contributed by atoms with Crippen molar-refractivity contribution in [3.05, 3.63) is 107 Å². The van der Waals surface area contributed by atoms with Crippen LogP contribution in [0.4, 0.5) is 0 Å². The minimum absolute atomic E-state index is 0.0325. The molecule has 6 rings (SSSR count). The normalized spacial score (nSPS) is 16.4. The number of fused-ring (bicyclic) bond motifs is 6. The highest BCUT2D eigenvalue weighted by Gasteiger charge is 2.37. The van der Waals surface area contributed by atoms with Crippen molar-refractivity contribution in [3.63, 3.8) is 0 Å². The fourth-order valence-corrected chi connectivity index (χ4v) is 5.93. The molecule has 0 nitrogen and oxygen atoms in total. The number of benzene rings is 4. The van der Waals surface area contributed by atoms with Gasteiger partial charge in [0.05, 0.1) is 0 Å². The number of rotatable bonds is 1. The topological polar surface area (TPSA) is 0 Å². The molecule has 2 aliphatic carbocycles. The summed E-state index contributed by atoms with van der Waals surface area (Å²) in [6.45, 7) is 11.6. The molecule has 0 bridgehead atoms. The average Bonchev–Trinajstić information content (AvgIpc) is 3.13. The van der Waals surface area contributed by atoms with Gasteiger partial charge in [0.1, 0.15) is 0 Å². The maximum Gasteiger partial charge on any atom is 0.0159 e. The van der Waals surface area contributed by atoms with Gasteiger partial charge in [-0.05, 0) is 74.7 Å². The van der Waals surface area contributed by atoms with E-state index >= 15 is 0 Å². The molecular formula is C31H28. The summed E-state index contributed by atoms with van der Waals surface area (Å²) in [6, 6.07) is 29.9. The van der Waals surface area contributed by atoms with Crippen LogP contribution in [0, 0.1) is 6.92 Å². The molecule has 0 radical (unpaired) electrons. The Morgan fingerprint density at radius 1 is 0.452 bits per heavy atom. The first-order valence-corrected chi connectivity index (χ1v) is 11.3. The number of hydrogen-bond donors (Lipinski definition) is 0. The Balaban J connectivity index is 1.51. The third-order valence-corrected chi connectivity index (χ3v) is 7.75. The monoisotopic (exact) mass is 400 g/mol. The Kier molecular flexibility index (Phi) is 3.59. The zero-order chi connectivity index (χ0) is 21.5. The Morgan fingerprint density at radius 3 is 1.81 bits per heavy atom. The van der Waals surface area contributed by atoms with Gasteiger partial charge >= 0.3 is 0 Å². The summed E-state index contributed by atoms with van der Waals surface area (Å²) in [5.74, 6) is 0. The minimum Gasteiger partial charge on any atom is -0.0619 e. The third-order valence-electron chi connectivity index (χ3n) is 7.75. The largest absolute Gasteiger partial charge is 0.0619 e. The molecule has 0 unspecified atom stereocenters. The van der Waals surface area contributed by atoms with E-state index in [2.05, 4.69) is 113 Å². The second-order valence-corrected chi connectivity index (χ2v) is 10.4. The maximum absolute atomic E-state index is 2.42. The molecule has 4 aromatic carbocycles. The van der Waals surface area contributed by atoms with Gasteiger partial charge in [-0.25, -0.2) is 0 Å². The van der Waals surface area contributed by atoms with Crippen LogP contribution in [-0.4, -0.2) is 0 Å². The number of aryl methyl sites for hydroxylation is 1. The second-order valence-electron chi connectivity index (χ2n) is 10.4. The predicted octanol–water partition coefficient (Wildman–Crippen LogP) is 8.27. The third kappa shape index (κ3) is 2.42. The summed E-state index contributed by atoms with van der Waals surface area (Å²) in [4.78, 5) is 0. The highest BCUT2D eigenvalue weighted by Crippen LogP contribution is 2.52. The van der Waals surface area contributed by atoms with Gasteiger partial charge in [0, 0.05) is 10.8 Å². The van der Waals surface area contributed by atoms with E-state index in [9.17, 15) is 0 Å². The molecule has 0 atom stereocenters. The molecule has 0 N–H and O–H groups in total. The summed E-state index contributed by atoms with van der Waals surface area (Å²) in [7, 11) is 0. The first-order valence-electron chi connectivity index (χ1n) is 11.3. The van der Waals surface area contributed by atoms with Gasteiger partial charge in [-0.2, -0.15) is 0 Å². The molecule has 0 aromatic heterocycles. The van der Waals surface area contributed by atoms with Crippen LogP contribution in [0.25, 0.3) is 33.4 Å². The molecule has 31 heavy (non-hydrogen) atoms. The summed E-state index contributed by atoms with van der Waals surface area (Å²) in [5, 5.41) is 0. The van der Waals surface area contributed by atoms with E-state index in [1.807, 2.05) is 0 Å². The Labute approximate surface area is 185 Å². The van der Waals surface area contributed by atoms with Crippen molar-refractivity contribution < 1.29 is 0 Å². The first kappa shape index (κ1) is 18.6. The van der Waals surface area contributed by atoms with Gasteiger partial charge in [-0.15, -0.1) is 0 Å². The summed E-state index contributed by atoms with van der Waals surface area (Å²) in [6.07, 6.45) is 0. The molecule has 0 fully saturated rings. The molecule has 0 amide bonds. The van der Waals surface area contributed by atoms with Crippen LogP contribution < -0.4 is 0 Å². The van der Waals surface area contributed by atoms with Crippen molar-refractivity contribution in [2.75, 3.05) is 0 Å². The minimum atomic E-state index is 0.0325. The molecule has 0 aliphatic heterocycles. The average molecular weight is 401 g/mol. The summed E-state index contributed by atoms with van der Waals surface area (Å²) < 4.78 is 0. The van der Waals surface area contributed by atoms with Crippen LogP contribution in [0.5, 0.6) is 0 Å². The van der Waals surface area contributed by atoms with Crippen LogP contribution in [0.1, 0.15) is 55.5 Å². The van der Waals surface area contributed by atoms with Gasteiger partial charge in [-0.3, -0.25) is 0 Å². The molecule has 4 aromatic rings. The fourth-order valence-electron chi connectivity index (χ4n) is 5.93. The molecule has 0 heteroatoms. The Hall–Kier alpha value is -3.12. The lowest BCUT2D eigenvalue weighted by Gasteiger charge is -2.22. The quantitative estimate of drug-likeness (QED) is 0.301. The van der Waals surface area contributed by atoms with E-state index in [1.54, 1.807) is 0 Å². The van der Waals surface area contributed by atoms with Gasteiger partial charge in [0.2, 0.25) is 0 Å². The van der Waals surface area contributed by atoms with Gasteiger partial charge < -0.3 is 0 Å². The second kappa shape index (κ2) is 5.98. The molecular weight excluding hydrogens is 372 g/mol. The Morgan fingerprint density at radius 2 is 1.00 bits per heavy atom. The van der Waals surface area contributed by atoms with E-state index in [0.29, 0.717) is 0 Å². The summed E-state index contributed by atoms with van der Waals surface area (Å²) in [5.41, 5.74) is 15.3. The lowest BCUT2D eigenvalue weighted by molar-refractivity contribution is 0.659. The molecule has 0 heterocycles. The highest BCUT2D eigenvalue weighted by atomic mass is 14.4. The van der Waals surface area contributed by atoms with E-state index in [-0.39, 0.29) is 10.8 Å². The van der Waals surface area contributed by atoms with E-state index < -0.39 is 0 Å². The van der Waals surface area contributed by atoms with Crippen molar-refractivity contribution in [3.8, 4) is 33.4 Å². The van der Waals surface area contributed by atoms with Crippen LogP contribution in [0.2, 0.25) is 0 Å². The zero-order valence-electron chi connectivity index (χ0n) is 19.0. The van der Waals surface area contributed by atoms with Crippen molar-refractivity contribution in [2.24, 2.45) is 0 Å². The first-order chi connectivity index (χ1) is 14.8. The molecule has 0 saturated carbocycles. The lowest BCUT2D eigenvalue weighted by Crippen LogP contribution is -2.15. The Bertz CT molecular complexity index is 1380. The molecule has 0 spiro atoms. The van der Waals surface area contributed by atoms with E-state index in [1.165, 1.54) is 61.2 Å². The SMILES string of the molecule is Cc1ccc2c(c1)C(C)(C)c1ccc(-c3ccc4c(c3)C(C)(C)c3ccccc3-4)cc1-2. The van der Waals surface area contributed by atoms with Crippen molar-refractivity contribution in [2.45, 2.75) is 45.4 Å². The lowest BCUT2D eigenvalue weighted by atomic mass is 9.81. The van der Waals surface area contributed by atoms with E-state index in [0.717, 1.165) is 0 Å². The van der Waals surface area contributed by atoms with Gasteiger partial charge in [0.25, 0.3) is 0 Å². The van der Waals surface area contributed by atoms with Crippen molar-refractivity contribution in [1.29, 1.82) is 0 Å². The van der Waals surface area contributed by atoms with Crippen LogP contribution in [0.3, 0.4) is 0 Å². The standard InChI is InChI=1S/C31H28/c1-19-10-13-24-25-17-20(12-15-27(25)31(4,5)28(24)16-19)21-11-14-23-22-8-6-7-9-26(22)30(2,3)29(23)18-21/h6-18H,1-5H3. The van der Waals surface area contributed by atoms with Crippen molar-refractivity contribution >= 4 is 0 Å². The van der Waals surface area contributed by atoms with Crippen LogP contribution in [0.15, 0.2) is 78.9 Å². The molecule has 152 valence electrons. The molecule has 0 saturated heterocycles. The van der Waals surface area contributed by atoms with Gasteiger partial charge in [-0.1, -0.05) is 100.0 Å². The predicted molar refractivity (Wildman–Crippen MR) is 132 cm³/mol. The highest BCUT2D eigenvalue weighted by molar-refractivity contribution is 5.87. The van der Waals surface area contributed by atoms with Crippen molar-refractivity contribution in [1.82, 2.24) is 0 Å². The van der Waals surface area contributed by atoms with Gasteiger partial charge in [0.15, 0.2) is 0 Å². The van der Waals surface area contributed by atoms with Crippen LogP contribution >= 0.6 is 0 Å². The number of hydrogen-bond acceptors (Lipinski definition) is 0. The van der Waals surface area contributed by atoms with E-state index in [4.69, 9.17) is 0 Å². The maximum atomic E-state index is 2.42.